The van der Waals surface area contributed by atoms with Crippen molar-refractivity contribution in [1.29, 1.82) is 0 Å². The van der Waals surface area contributed by atoms with Crippen LogP contribution in [0.1, 0.15) is 18.7 Å². The molecular formula is C17H16N4O4. The van der Waals surface area contributed by atoms with Gasteiger partial charge in [-0.1, -0.05) is 18.2 Å². The third-order valence-electron chi connectivity index (χ3n) is 4.00. The molecule has 1 aromatic carbocycles. The number of hydrogen-bond acceptors (Lipinski definition) is 5. The minimum absolute atomic E-state index is 0.0913. The van der Waals surface area contributed by atoms with Crippen molar-refractivity contribution in [3.63, 3.8) is 0 Å². The first kappa shape index (κ1) is 16.4. The fourth-order valence-corrected chi connectivity index (χ4v) is 2.42. The van der Waals surface area contributed by atoms with Crippen LogP contribution in [0.5, 0.6) is 0 Å². The molecule has 0 aliphatic carbocycles. The molecule has 0 spiro atoms. The highest BCUT2D eigenvalue weighted by Crippen LogP contribution is 2.28. The zero-order valence-corrected chi connectivity index (χ0v) is 13.7. The van der Waals surface area contributed by atoms with Gasteiger partial charge < -0.3 is 14.6 Å². The van der Waals surface area contributed by atoms with E-state index in [4.69, 9.17) is 4.42 Å². The van der Waals surface area contributed by atoms with Gasteiger partial charge in [0, 0.05) is 18.6 Å². The third-order valence-corrected chi connectivity index (χ3v) is 4.00. The van der Waals surface area contributed by atoms with Crippen molar-refractivity contribution in [3.8, 4) is 0 Å². The van der Waals surface area contributed by atoms with Crippen molar-refractivity contribution >= 4 is 28.4 Å². The Bertz CT molecular complexity index is 904. The van der Waals surface area contributed by atoms with E-state index in [0.29, 0.717) is 5.76 Å². The SMILES string of the molecule is C[C@@H](c1cc2ccccc2o1)N(C)C(=O)Nc1ccncc1[N+](=O)[O-]. The average Bonchev–Trinajstić information content (AvgIpc) is 3.04. The smallest absolute Gasteiger partial charge is 0.322 e. The van der Waals surface area contributed by atoms with Crippen molar-refractivity contribution in [3.05, 3.63) is 64.7 Å². The number of nitrogens with one attached hydrogen (secondary N) is 1. The van der Waals surface area contributed by atoms with Gasteiger partial charge in [0.2, 0.25) is 0 Å². The Morgan fingerprint density at radius 1 is 1.36 bits per heavy atom. The molecule has 8 nitrogen and oxygen atoms in total. The number of carbonyl (C=O) groups excluding carboxylic acids is 1. The Labute approximate surface area is 143 Å². The highest BCUT2D eigenvalue weighted by atomic mass is 16.6. The van der Waals surface area contributed by atoms with Crippen LogP contribution in [0, 0.1) is 10.1 Å². The highest BCUT2D eigenvalue weighted by molar-refractivity contribution is 5.91. The first-order chi connectivity index (χ1) is 12.0. The summed E-state index contributed by atoms with van der Waals surface area (Å²) in [6.45, 7) is 1.82. The van der Waals surface area contributed by atoms with Crippen LogP contribution in [0.4, 0.5) is 16.2 Å². The molecule has 0 aliphatic heterocycles. The van der Waals surface area contributed by atoms with Crippen LogP contribution in [-0.2, 0) is 0 Å². The number of para-hydroxylation sites is 1. The number of pyridine rings is 1. The van der Waals surface area contributed by atoms with Crippen molar-refractivity contribution in [2.75, 3.05) is 12.4 Å². The first-order valence-electron chi connectivity index (χ1n) is 7.58. The van der Waals surface area contributed by atoms with E-state index in [-0.39, 0.29) is 17.4 Å². The molecular weight excluding hydrogens is 324 g/mol. The lowest BCUT2D eigenvalue weighted by Crippen LogP contribution is -2.33. The Morgan fingerprint density at radius 2 is 2.12 bits per heavy atom. The molecule has 0 bridgehead atoms. The summed E-state index contributed by atoms with van der Waals surface area (Å²) >= 11 is 0. The molecule has 128 valence electrons. The minimum atomic E-state index is -0.592. The number of fused-ring (bicyclic) bond motifs is 1. The number of nitrogens with zero attached hydrogens (tertiary/aromatic N) is 3. The lowest BCUT2D eigenvalue weighted by molar-refractivity contribution is -0.384. The molecule has 1 N–H and O–H groups in total. The minimum Gasteiger partial charge on any atom is -0.459 e. The van der Waals surface area contributed by atoms with Crippen molar-refractivity contribution in [1.82, 2.24) is 9.88 Å². The normalized spacial score (nSPS) is 11.9. The summed E-state index contributed by atoms with van der Waals surface area (Å²) in [5.41, 5.74) is 0.567. The van der Waals surface area contributed by atoms with Crippen molar-refractivity contribution < 1.29 is 14.1 Å². The molecule has 0 unspecified atom stereocenters. The van der Waals surface area contributed by atoms with E-state index < -0.39 is 11.0 Å². The molecule has 3 aromatic rings. The average molecular weight is 340 g/mol. The third kappa shape index (κ3) is 3.27. The van der Waals surface area contributed by atoms with Gasteiger partial charge in [0.25, 0.3) is 0 Å². The maximum absolute atomic E-state index is 12.4. The summed E-state index contributed by atoms with van der Waals surface area (Å²) in [6.07, 6.45) is 2.48. The topological polar surface area (TPSA) is 102 Å². The fraction of sp³-hybridized carbons (Fsp3) is 0.176. The van der Waals surface area contributed by atoms with E-state index in [2.05, 4.69) is 10.3 Å². The quantitative estimate of drug-likeness (QED) is 0.572. The summed E-state index contributed by atoms with van der Waals surface area (Å²) < 4.78 is 5.77. The molecule has 3 rings (SSSR count). The predicted octanol–water partition coefficient (Wildman–Crippen LogP) is 3.96. The van der Waals surface area contributed by atoms with E-state index in [1.165, 1.54) is 17.2 Å². The van der Waals surface area contributed by atoms with Crippen LogP contribution >= 0.6 is 0 Å². The molecule has 0 saturated heterocycles. The van der Waals surface area contributed by atoms with E-state index in [9.17, 15) is 14.9 Å². The fourth-order valence-electron chi connectivity index (χ4n) is 2.42. The van der Waals surface area contributed by atoms with Crippen LogP contribution in [-0.4, -0.2) is 27.9 Å². The number of aromatic nitrogens is 1. The van der Waals surface area contributed by atoms with Crippen molar-refractivity contribution in [2.24, 2.45) is 0 Å². The highest BCUT2D eigenvalue weighted by Gasteiger charge is 2.23. The van der Waals surface area contributed by atoms with Gasteiger partial charge in [-0.05, 0) is 25.1 Å². The largest absolute Gasteiger partial charge is 0.459 e. The number of nitro groups is 1. The second-order valence-corrected chi connectivity index (χ2v) is 5.55. The second-order valence-electron chi connectivity index (χ2n) is 5.55. The van der Waals surface area contributed by atoms with E-state index in [0.717, 1.165) is 17.2 Å². The first-order valence-corrected chi connectivity index (χ1v) is 7.58. The van der Waals surface area contributed by atoms with Crippen LogP contribution in [0.3, 0.4) is 0 Å². The molecule has 8 heteroatoms. The predicted molar refractivity (Wildman–Crippen MR) is 92.3 cm³/mol. The van der Waals surface area contributed by atoms with Gasteiger partial charge in [-0.2, -0.15) is 0 Å². The van der Waals surface area contributed by atoms with Gasteiger partial charge in [0.15, 0.2) is 0 Å². The van der Waals surface area contributed by atoms with E-state index >= 15 is 0 Å². The maximum Gasteiger partial charge on any atom is 0.322 e. The summed E-state index contributed by atoms with van der Waals surface area (Å²) in [4.78, 5) is 28.0. The van der Waals surface area contributed by atoms with Crippen LogP contribution in [0.15, 0.2) is 53.2 Å². The number of benzene rings is 1. The monoisotopic (exact) mass is 340 g/mol. The molecule has 25 heavy (non-hydrogen) atoms. The van der Waals surface area contributed by atoms with Gasteiger partial charge in [-0.3, -0.25) is 15.1 Å². The number of furan rings is 1. The van der Waals surface area contributed by atoms with Crippen molar-refractivity contribution in [2.45, 2.75) is 13.0 Å². The summed E-state index contributed by atoms with van der Waals surface area (Å²) in [6, 6.07) is 9.98. The Balaban J connectivity index is 1.79. The number of hydrogen-bond donors (Lipinski definition) is 1. The molecule has 0 radical (unpaired) electrons. The number of carbonyl (C=O) groups is 1. The van der Waals surface area contributed by atoms with Gasteiger partial charge >= 0.3 is 11.7 Å². The Morgan fingerprint density at radius 3 is 2.84 bits per heavy atom. The second kappa shape index (κ2) is 6.60. The standard InChI is InChI=1S/C17H16N4O4/c1-11(16-9-12-5-3-4-6-15(12)25-16)20(2)17(22)19-13-7-8-18-10-14(13)21(23)24/h3-11H,1-2H3,(H,18,19,22)/t11-/m0/s1. The maximum atomic E-state index is 12.4. The number of anilines is 1. The molecule has 1 atom stereocenters. The summed E-state index contributed by atoms with van der Waals surface area (Å²) in [7, 11) is 1.60. The van der Waals surface area contributed by atoms with Gasteiger partial charge in [0.05, 0.1) is 11.0 Å². The lowest BCUT2D eigenvalue weighted by Gasteiger charge is -2.23. The molecule has 0 aliphatic rings. The number of rotatable bonds is 4. The molecule has 0 saturated carbocycles. The molecule has 2 aromatic heterocycles. The van der Waals surface area contributed by atoms with Crippen LogP contribution in [0.2, 0.25) is 0 Å². The summed E-state index contributed by atoms with van der Waals surface area (Å²) in [5.74, 6) is 0.628. The molecule has 0 fully saturated rings. The van der Waals surface area contributed by atoms with E-state index in [1.807, 2.05) is 37.3 Å². The lowest BCUT2D eigenvalue weighted by atomic mass is 10.2. The zero-order chi connectivity index (χ0) is 18.0. The Kier molecular flexibility index (Phi) is 4.34. The van der Waals surface area contributed by atoms with Crippen LogP contribution < -0.4 is 5.32 Å². The van der Waals surface area contributed by atoms with Gasteiger partial charge in [-0.15, -0.1) is 0 Å². The molecule has 2 heterocycles. The number of amides is 2. The van der Waals surface area contributed by atoms with E-state index in [1.54, 1.807) is 7.05 Å². The molecule has 2 amide bonds. The number of urea groups is 1. The zero-order valence-electron chi connectivity index (χ0n) is 13.7. The summed E-state index contributed by atoms with van der Waals surface area (Å²) in [5, 5.41) is 14.5. The Hall–Kier alpha value is -3.42. The van der Waals surface area contributed by atoms with Gasteiger partial charge in [-0.25, -0.2) is 4.79 Å². The van der Waals surface area contributed by atoms with Gasteiger partial charge in [0.1, 0.15) is 23.2 Å². The van der Waals surface area contributed by atoms with Crippen LogP contribution in [0.25, 0.3) is 11.0 Å².